The molecular formula is C9H15N3O. The third-order valence-electron chi connectivity index (χ3n) is 2.09. The summed E-state index contributed by atoms with van der Waals surface area (Å²) in [5, 5.41) is 7.35. The zero-order valence-electron chi connectivity index (χ0n) is 8.27. The molecular weight excluding hydrogens is 166 g/mol. The fraction of sp³-hybridized carbons (Fsp3) is 0.556. The maximum atomic E-state index is 11.2. The highest BCUT2D eigenvalue weighted by molar-refractivity contribution is 5.80. The third-order valence-corrected chi connectivity index (χ3v) is 2.09. The van der Waals surface area contributed by atoms with Crippen LogP contribution in [0.4, 0.5) is 0 Å². The lowest BCUT2D eigenvalue weighted by Gasteiger charge is -2.01. The van der Waals surface area contributed by atoms with E-state index in [9.17, 15) is 4.79 Å². The van der Waals surface area contributed by atoms with E-state index in [2.05, 4.69) is 4.98 Å². The van der Waals surface area contributed by atoms with Crippen molar-refractivity contribution in [3.8, 4) is 0 Å². The molecule has 4 nitrogen and oxygen atoms in total. The molecule has 13 heavy (non-hydrogen) atoms. The van der Waals surface area contributed by atoms with E-state index in [1.165, 1.54) is 0 Å². The Hall–Kier alpha value is -1.32. The first kappa shape index (κ1) is 9.77. The lowest BCUT2D eigenvalue weighted by molar-refractivity contribution is 0.796. The van der Waals surface area contributed by atoms with E-state index < -0.39 is 0 Å². The van der Waals surface area contributed by atoms with Gasteiger partial charge >= 0.3 is 5.69 Å². The van der Waals surface area contributed by atoms with Crippen molar-refractivity contribution in [3.63, 3.8) is 0 Å². The Kier molecular flexibility index (Phi) is 2.70. The van der Waals surface area contributed by atoms with Gasteiger partial charge in [0.1, 0.15) is 0 Å². The van der Waals surface area contributed by atoms with Crippen LogP contribution in [0.2, 0.25) is 0 Å². The van der Waals surface area contributed by atoms with Crippen LogP contribution in [0.15, 0.2) is 4.79 Å². The first-order chi connectivity index (χ1) is 6.06. The van der Waals surface area contributed by atoms with Crippen LogP contribution in [0.3, 0.4) is 0 Å². The molecule has 4 heteroatoms. The van der Waals surface area contributed by atoms with Crippen molar-refractivity contribution in [2.45, 2.75) is 26.7 Å². The topological polar surface area (TPSA) is 61.6 Å². The number of nitrogens with one attached hydrogen (secondary N) is 2. The van der Waals surface area contributed by atoms with Gasteiger partial charge in [-0.15, -0.1) is 0 Å². The maximum absolute atomic E-state index is 11.2. The van der Waals surface area contributed by atoms with Gasteiger partial charge in [-0.05, 0) is 13.3 Å². The third kappa shape index (κ3) is 1.88. The van der Waals surface area contributed by atoms with Gasteiger partial charge in [-0.2, -0.15) is 0 Å². The average Bonchev–Trinajstić information content (AvgIpc) is 2.27. The molecule has 0 radical (unpaired) electrons. The molecule has 0 aliphatic heterocycles. The molecule has 0 spiro atoms. The molecule has 0 fully saturated rings. The van der Waals surface area contributed by atoms with Gasteiger partial charge in [-0.1, -0.05) is 6.92 Å². The van der Waals surface area contributed by atoms with Crippen LogP contribution in [0.25, 0.3) is 0 Å². The van der Waals surface area contributed by atoms with Crippen molar-refractivity contribution in [1.29, 1.82) is 5.41 Å². The lowest BCUT2D eigenvalue weighted by Crippen LogP contribution is -2.13. The standard InChI is InChI=1S/C9H15N3O/c1-4-8-7(5-6(2)10)11-9(13)12(8)3/h10H,4-5H2,1-3H3,(H,11,13). The molecule has 1 aromatic heterocycles. The minimum atomic E-state index is -0.0897. The van der Waals surface area contributed by atoms with Gasteiger partial charge in [0, 0.05) is 30.6 Å². The van der Waals surface area contributed by atoms with E-state index in [4.69, 9.17) is 5.41 Å². The van der Waals surface area contributed by atoms with E-state index in [0.29, 0.717) is 12.1 Å². The monoisotopic (exact) mass is 181 g/mol. The highest BCUT2D eigenvalue weighted by Crippen LogP contribution is 2.05. The van der Waals surface area contributed by atoms with E-state index in [1.807, 2.05) is 6.92 Å². The second-order valence-corrected chi connectivity index (χ2v) is 3.23. The van der Waals surface area contributed by atoms with E-state index in [1.54, 1.807) is 18.5 Å². The molecule has 1 heterocycles. The number of H-pyrrole nitrogens is 1. The minimum Gasteiger partial charge on any atom is -0.310 e. The van der Waals surface area contributed by atoms with Crippen LogP contribution in [-0.2, 0) is 19.9 Å². The molecule has 0 saturated carbocycles. The Balaban J connectivity index is 3.13. The molecule has 1 aromatic rings. The summed E-state index contributed by atoms with van der Waals surface area (Å²) in [6.07, 6.45) is 1.36. The second kappa shape index (κ2) is 3.60. The van der Waals surface area contributed by atoms with Gasteiger partial charge in [-0.3, -0.25) is 4.57 Å². The van der Waals surface area contributed by atoms with Crippen LogP contribution < -0.4 is 5.69 Å². The van der Waals surface area contributed by atoms with Crippen LogP contribution in [0.1, 0.15) is 25.2 Å². The van der Waals surface area contributed by atoms with E-state index in [0.717, 1.165) is 17.8 Å². The van der Waals surface area contributed by atoms with Crippen LogP contribution in [0.5, 0.6) is 0 Å². The van der Waals surface area contributed by atoms with Crippen molar-refractivity contribution < 1.29 is 0 Å². The van der Waals surface area contributed by atoms with E-state index in [-0.39, 0.29) is 5.69 Å². The maximum Gasteiger partial charge on any atom is 0.325 e. The highest BCUT2D eigenvalue weighted by atomic mass is 16.1. The summed E-state index contributed by atoms with van der Waals surface area (Å²) in [6, 6.07) is 0. The van der Waals surface area contributed by atoms with Crippen molar-refractivity contribution in [2.24, 2.45) is 7.05 Å². The Morgan fingerprint density at radius 2 is 2.23 bits per heavy atom. The van der Waals surface area contributed by atoms with Crippen molar-refractivity contribution in [2.75, 3.05) is 0 Å². The van der Waals surface area contributed by atoms with Crippen molar-refractivity contribution >= 4 is 5.71 Å². The van der Waals surface area contributed by atoms with Crippen LogP contribution in [-0.4, -0.2) is 15.3 Å². The second-order valence-electron chi connectivity index (χ2n) is 3.23. The fourth-order valence-electron chi connectivity index (χ4n) is 1.47. The van der Waals surface area contributed by atoms with E-state index >= 15 is 0 Å². The van der Waals surface area contributed by atoms with Crippen molar-refractivity contribution in [3.05, 3.63) is 21.9 Å². The van der Waals surface area contributed by atoms with Gasteiger partial charge in [0.15, 0.2) is 0 Å². The molecule has 0 aromatic carbocycles. The number of nitrogens with zero attached hydrogens (tertiary/aromatic N) is 1. The van der Waals surface area contributed by atoms with Gasteiger partial charge in [0.05, 0.1) is 0 Å². The Labute approximate surface area is 77.1 Å². The van der Waals surface area contributed by atoms with Gasteiger partial charge in [-0.25, -0.2) is 4.79 Å². The summed E-state index contributed by atoms with van der Waals surface area (Å²) in [6.45, 7) is 3.75. The molecule has 0 bridgehead atoms. The summed E-state index contributed by atoms with van der Waals surface area (Å²) in [4.78, 5) is 14.0. The minimum absolute atomic E-state index is 0.0897. The fourth-order valence-corrected chi connectivity index (χ4v) is 1.47. The molecule has 1 rings (SSSR count). The smallest absolute Gasteiger partial charge is 0.310 e. The van der Waals surface area contributed by atoms with Crippen LogP contribution in [0, 0.1) is 5.41 Å². The first-order valence-electron chi connectivity index (χ1n) is 4.37. The number of imidazole rings is 1. The number of hydrogen-bond donors (Lipinski definition) is 2. The summed E-state index contributed by atoms with van der Waals surface area (Å²) in [7, 11) is 1.75. The number of hydrogen-bond acceptors (Lipinski definition) is 2. The summed E-state index contributed by atoms with van der Waals surface area (Å²) < 4.78 is 1.61. The van der Waals surface area contributed by atoms with Crippen molar-refractivity contribution in [1.82, 2.24) is 9.55 Å². The summed E-state index contributed by atoms with van der Waals surface area (Å²) >= 11 is 0. The largest absolute Gasteiger partial charge is 0.325 e. The van der Waals surface area contributed by atoms with Gasteiger partial charge < -0.3 is 10.4 Å². The molecule has 0 aliphatic carbocycles. The normalized spacial score (nSPS) is 10.4. The Morgan fingerprint density at radius 1 is 1.62 bits per heavy atom. The van der Waals surface area contributed by atoms with Gasteiger partial charge in [0.2, 0.25) is 0 Å². The number of rotatable bonds is 3. The lowest BCUT2D eigenvalue weighted by atomic mass is 10.1. The first-order valence-corrected chi connectivity index (χ1v) is 4.37. The predicted molar refractivity (Wildman–Crippen MR) is 52.5 cm³/mol. The average molecular weight is 181 g/mol. The highest BCUT2D eigenvalue weighted by Gasteiger charge is 2.09. The quantitative estimate of drug-likeness (QED) is 0.667. The molecule has 0 unspecified atom stereocenters. The zero-order valence-corrected chi connectivity index (χ0v) is 8.27. The molecule has 72 valence electrons. The molecule has 0 amide bonds. The number of aromatic amines is 1. The Morgan fingerprint density at radius 3 is 2.69 bits per heavy atom. The predicted octanol–water partition coefficient (Wildman–Crippen LogP) is 0.858. The molecule has 0 saturated heterocycles. The molecule has 2 N–H and O–H groups in total. The number of aromatic nitrogens is 2. The van der Waals surface area contributed by atoms with Gasteiger partial charge in [0.25, 0.3) is 0 Å². The zero-order chi connectivity index (χ0) is 10.0. The SMILES string of the molecule is CCc1c(CC(C)=N)[nH]c(=O)n1C. The Bertz CT molecular complexity index is 373. The van der Waals surface area contributed by atoms with Crippen LogP contribution >= 0.6 is 0 Å². The summed E-state index contributed by atoms with van der Waals surface area (Å²) in [5.74, 6) is 0. The molecule has 0 aliphatic rings. The summed E-state index contributed by atoms with van der Waals surface area (Å²) in [5.41, 5.74) is 2.35. The molecule has 0 atom stereocenters.